The quantitative estimate of drug-likeness (QED) is 0.790. The van der Waals surface area contributed by atoms with E-state index in [-0.39, 0.29) is 5.97 Å². The minimum Gasteiger partial charge on any atom is -0.496 e. The highest BCUT2D eigenvalue weighted by Crippen LogP contribution is 2.36. The molecule has 94 valence electrons. The van der Waals surface area contributed by atoms with Crippen LogP contribution in [0, 0.1) is 0 Å². The summed E-state index contributed by atoms with van der Waals surface area (Å²) in [5.74, 6) is 0.463. The van der Waals surface area contributed by atoms with Crippen LogP contribution in [0.4, 0.5) is 0 Å². The molecule has 4 heteroatoms. The smallest absolute Gasteiger partial charge is 0.339 e. The van der Waals surface area contributed by atoms with Crippen molar-refractivity contribution in [1.29, 1.82) is 0 Å². The molecule has 0 unspecified atom stereocenters. The molecule has 0 bridgehead atoms. The molecule has 0 atom stereocenters. The first-order chi connectivity index (χ1) is 8.77. The molecule has 18 heavy (non-hydrogen) atoms. The van der Waals surface area contributed by atoms with Gasteiger partial charge in [0.1, 0.15) is 5.75 Å². The zero-order chi connectivity index (χ0) is 13.0. The Bertz CT molecular complexity index is 545. The van der Waals surface area contributed by atoms with Crippen LogP contribution in [0.3, 0.4) is 0 Å². The molecule has 0 aliphatic carbocycles. The zero-order valence-corrected chi connectivity index (χ0v) is 11.1. The van der Waals surface area contributed by atoms with Gasteiger partial charge in [-0.1, -0.05) is 12.1 Å². The van der Waals surface area contributed by atoms with E-state index in [0.29, 0.717) is 12.2 Å². The maximum atomic E-state index is 11.8. The Labute approximate surface area is 110 Å². The Morgan fingerprint density at radius 3 is 2.78 bits per heavy atom. The number of carbonyl (C=O) groups is 1. The Kier molecular flexibility index (Phi) is 3.99. The number of esters is 1. The molecule has 1 aromatic heterocycles. The largest absolute Gasteiger partial charge is 0.496 e. The normalized spacial score (nSPS) is 10.1. The topological polar surface area (TPSA) is 35.5 Å². The Morgan fingerprint density at radius 2 is 2.06 bits per heavy atom. The Balaban J connectivity index is 2.45. The van der Waals surface area contributed by atoms with Crippen molar-refractivity contribution in [2.24, 2.45) is 0 Å². The van der Waals surface area contributed by atoms with Crippen molar-refractivity contribution in [1.82, 2.24) is 0 Å². The van der Waals surface area contributed by atoms with E-state index in [9.17, 15) is 4.79 Å². The van der Waals surface area contributed by atoms with Gasteiger partial charge in [-0.05, 0) is 30.5 Å². The van der Waals surface area contributed by atoms with E-state index < -0.39 is 0 Å². The van der Waals surface area contributed by atoms with Gasteiger partial charge in [0.2, 0.25) is 0 Å². The summed E-state index contributed by atoms with van der Waals surface area (Å²) in [6.07, 6.45) is 0. The first-order valence-electron chi connectivity index (χ1n) is 5.66. The number of para-hydroxylation sites is 1. The van der Waals surface area contributed by atoms with E-state index in [0.717, 1.165) is 16.2 Å². The molecule has 2 rings (SSSR count). The molecule has 0 radical (unpaired) electrons. The van der Waals surface area contributed by atoms with Gasteiger partial charge in [0.05, 0.1) is 24.2 Å². The molecule has 0 aliphatic rings. The Hall–Kier alpha value is -1.81. The molecular weight excluding hydrogens is 248 g/mol. The molecule has 0 spiro atoms. The third-order valence-electron chi connectivity index (χ3n) is 2.51. The molecule has 2 aromatic rings. The lowest BCUT2D eigenvalue weighted by molar-refractivity contribution is 0.0528. The van der Waals surface area contributed by atoms with Gasteiger partial charge < -0.3 is 9.47 Å². The average molecular weight is 262 g/mol. The van der Waals surface area contributed by atoms with E-state index in [1.165, 1.54) is 11.3 Å². The summed E-state index contributed by atoms with van der Waals surface area (Å²) >= 11 is 1.51. The second-order valence-electron chi connectivity index (χ2n) is 3.58. The van der Waals surface area contributed by atoms with Crippen LogP contribution in [0.25, 0.3) is 10.4 Å². The van der Waals surface area contributed by atoms with E-state index in [1.807, 2.05) is 29.6 Å². The number of benzene rings is 1. The molecule has 0 fully saturated rings. The van der Waals surface area contributed by atoms with Crippen LogP contribution in [0.15, 0.2) is 35.7 Å². The fourth-order valence-electron chi connectivity index (χ4n) is 1.72. The highest BCUT2D eigenvalue weighted by molar-refractivity contribution is 7.14. The van der Waals surface area contributed by atoms with Gasteiger partial charge in [0.25, 0.3) is 0 Å². The van der Waals surface area contributed by atoms with Crippen molar-refractivity contribution >= 4 is 17.3 Å². The monoisotopic (exact) mass is 262 g/mol. The summed E-state index contributed by atoms with van der Waals surface area (Å²) in [4.78, 5) is 12.7. The van der Waals surface area contributed by atoms with Crippen LogP contribution in [-0.4, -0.2) is 19.7 Å². The predicted octanol–water partition coefficient (Wildman–Crippen LogP) is 3.60. The van der Waals surface area contributed by atoms with Crippen molar-refractivity contribution in [3.05, 3.63) is 41.3 Å². The van der Waals surface area contributed by atoms with E-state index in [4.69, 9.17) is 9.47 Å². The molecule has 0 aliphatic heterocycles. The average Bonchev–Trinajstić information content (AvgIpc) is 2.88. The minimum atomic E-state index is -0.292. The maximum absolute atomic E-state index is 11.8. The number of hydrogen-bond donors (Lipinski definition) is 0. The molecule has 0 saturated carbocycles. The van der Waals surface area contributed by atoms with Gasteiger partial charge in [-0.3, -0.25) is 0 Å². The third kappa shape index (κ3) is 2.38. The van der Waals surface area contributed by atoms with Crippen molar-refractivity contribution in [3.8, 4) is 16.2 Å². The molecule has 0 saturated heterocycles. The summed E-state index contributed by atoms with van der Waals surface area (Å²) in [6, 6.07) is 9.42. The van der Waals surface area contributed by atoms with Crippen LogP contribution in [0.5, 0.6) is 5.75 Å². The van der Waals surface area contributed by atoms with E-state index in [1.54, 1.807) is 20.1 Å². The van der Waals surface area contributed by atoms with Crippen LogP contribution in [0.2, 0.25) is 0 Å². The van der Waals surface area contributed by atoms with Gasteiger partial charge in [-0.2, -0.15) is 0 Å². The van der Waals surface area contributed by atoms with Crippen LogP contribution < -0.4 is 4.74 Å². The number of ether oxygens (including phenoxy) is 2. The fraction of sp³-hybridized carbons (Fsp3) is 0.214. The number of rotatable bonds is 4. The first-order valence-corrected chi connectivity index (χ1v) is 6.54. The number of carbonyl (C=O) groups excluding carboxylic acids is 1. The highest BCUT2D eigenvalue weighted by atomic mass is 32.1. The minimum absolute atomic E-state index is 0.292. The standard InChI is InChI=1S/C14H14O3S/c1-3-17-14(15)11-8-9-18-13(11)10-6-4-5-7-12(10)16-2/h4-9H,3H2,1-2H3. The fourth-order valence-corrected chi connectivity index (χ4v) is 2.63. The first kappa shape index (κ1) is 12.6. The predicted molar refractivity (Wildman–Crippen MR) is 72.3 cm³/mol. The summed E-state index contributed by atoms with van der Waals surface area (Å²) in [5, 5.41) is 1.88. The third-order valence-corrected chi connectivity index (χ3v) is 3.46. The Morgan fingerprint density at radius 1 is 1.28 bits per heavy atom. The molecule has 1 heterocycles. The number of hydrogen-bond acceptors (Lipinski definition) is 4. The SMILES string of the molecule is CCOC(=O)c1ccsc1-c1ccccc1OC. The molecule has 0 N–H and O–H groups in total. The lowest BCUT2D eigenvalue weighted by Crippen LogP contribution is -2.04. The highest BCUT2D eigenvalue weighted by Gasteiger charge is 2.17. The second kappa shape index (κ2) is 5.69. The van der Waals surface area contributed by atoms with Gasteiger partial charge in [-0.15, -0.1) is 11.3 Å². The number of thiophene rings is 1. The molecular formula is C14H14O3S. The summed E-state index contributed by atoms with van der Waals surface area (Å²) in [5.41, 5.74) is 1.50. The van der Waals surface area contributed by atoms with E-state index >= 15 is 0 Å². The lowest BCUT2D eigenvalue weighted by atomic mass is 10.1. The second-order valence-corrected chi connectivity index (χ2v) is 4.50. The maximum Gasteiger partial charge on any atom is 0.339 e. The summed E-state index contributed by atoms with van der Waals surface area (Å²) in [6.45, 7) is 2.17. The van der Waals surface area contributed by atoms with E-state index in [2.05, 4.69) is 0 Å². The zero-order valence-electron chi connectivity index (χ0n) is 10.3. The number of methoxy groups -OCH3 is 1. The van der Waals surface area contributed by atoms with Crippen molar-refractivity contribution in [2.75, 3.05) is 13.7 Å². The van der Waals surface area contributed by atoms with Crippen LogP contribution in [-0.2, 0) is 4.74 Å². The molecule has 0 amide bonds. The molecule has 1 aromatic carbocycles. The van der Waals surface area contributed by atoms with Crippen LogP contribution in [0.1, 0.15) is 17.3 Å². The lowest BCUT2D eigenvalue weighted by Gasteiger charge is -2.08. The van der Waals surface area contributed by atoms with Gasteiger partial charge in [-0.25, -0.2) is 4.79 Å². The van der Waals surface area contributed by atoms with Gasteiger partial charge in [0.15, 0.2) is 0 Å². The van der Waals surface area contributed by atoms with Crippen LogP contribution >= 0.6 is 11.3 Å². The van der Waals surface area contributed by atoms with Crippen molar-refractivity contribution < 1.29 is 14.3 Å². The molecule has 3 nitrogen and oxygen atoms in total. The summed E-state index contributed by atoms with van der Waals surface area (Å²) < 4.78 is 10.4. The van der Waals surface area contributed by atoms with Crippen molar-refractivity contribution in [2.45, 2.75) is 6.92 Å². The van der Waals surface area contributed by atoms with Gasteiger partial charge in [0, 0.05) is 5.56 Å². The van der Waals surface area contributed by atoms with Gasteiger partial charge >= 0.3 is 5.97 Å². The van der Waals surface area contributed by atoms with Crippen molar-refractivity contribution in [3.63, 3.8) is 0 Å². The summed E-state index contributed by atoms with van der Waals surface area (Å²) in [7, 11) is 1.62.